The van der Waals surface area contributed by atoms with Gasteiger partial charge in [-0.25, -0.2) is 18.2 Å². The average Bonchev–Trinajstić information content (AvgIpc) is 3.02. The Labute approximate surface area is 139 Å². The van der Waals surface area contributed by atoms with Crippen molar-refractivity contribution in [3.63, 3.8) is 0 Å². The van der Waals surface area contributed by atoms with Crippen LogP contribution in [-0.2, 0) is 0 Å². The molecular weight excluding hydrogens is 335 g/mol. The molecule has 0 bridgehead atoms. The molecule has 0 atom stereocenters. The van der Waals surface area contributed by atoms with Crippen LogP contribution in [0.5, 0.6) is 0 Å². The first-order valence-corrected chi connectivity index (χ1v) is 7.80. The number of carbonyl (C=O) groups is 1. The maximum atomic E-state index is 13.5. The molecular formula is C18H10F3NOS. The van der Waals surface area contributed by atoms with Crippen LogP contribution in [0.4, 0.5) is 13.2 Å². The van der Waals surface area contributed by atoms with Gasteiger partial charge in [-0.2, -0.15) is 0 Å². The lowest BCUT2D eigenvalue weighted by Crippen LogP contribution is -1.99. The van der Waals surface area contributed by atoms with Gasteiger partial charge in [-0.1, -0.05) is 0 Å². The molecule has 0 aliphatic heterocycles. The van der Waals surface area contributed by atoms with Gasteiger partial charge in [0.15, 0.2) is 5.78 Å². The van der Waals surface area contributed by atoms with E-state index in [1.807, 2.05) is 0 Å². The maximum absolute atomic E-state index is 13.5. The topological polar surface area (TPSA) is 30.0 Å². The molecule has 1 aromatic heterocycles. The SMILES string of the molecule is O=C(C=Cc1csc(-c2ccc(F)cc2)n1)c1ccc(F)cc1F. The van der Waals surface area contributed by atoms with Gasteiger partial charge in [0.2, 0.25) is 0 Å². The number of halogens is 3. The lowest BCUT2D eigenvalue weighted by molar-refractivity contribution is 0.104. The van der Waals surface area contributed by atoms with Gasteiger partial charge >= 0.3 is 0 Å². The summed E-state index contributed by atoms with van der Waals surface area (Å²) in [5, 5.41) is 2.40. The lowest BCUT2D eigenvalue weighted by Gasteiger charge is -1.98. The lowest BCUT2D eigenvalue weighted by atomic mass is 10.1. The van der Waals surface area contributed by atoms with Crippen molar-refractivity contribution in [1.82, 2.24) is 4.98 Å². The summed E-state index contributed by atoms with van der Waals surface area (Å²) in [6, 6.07) is 8.69. The van der Waals surface area contributed by atoms with Gasteiger partial charge in [-0.05, 0) is 48.6 Å². The van der Waals surface area contributed by atoms with Crippen molar-refractivity contribution in [2.24, 2.45) is 0 Å². The Balaban J connectivity index is 1.77. The third kappa shape index (κ3) is 3.60. The Morgan fingerprint density at radius 1 is 1.00 bits per heavy atom. The van der Waals surface area contributed by atoms with E-state index in [0.29, 0.717) is 16.8 Å². The largest absolute Gasteiger partial charge is 0.289 e. The Morgan fingerprint density at radius 2 is 1.71 bits per heavy atom. The number of hydrogen-bond acceptors (Lipinski definition) is 3. The molecule has 0 saturated heterocycles. The van der Waals surface area contributed by atoms with Gasteiger partial charge in [0, 0.05) is 17.0 Å². The summed E-state index contributed by atoms with van der Waals surface area (Å²) in [4.78, 5) is 16.3. The molecule has 0 fully saturated rings. The van der Waals surface area contributed by atoms with Crippen LogP contribution >= 0.6 is 11.3 Å². The van der Waals surface area contributed by atoms with Gasteiger partial charge in [-0.3, -0.25) is 4.79 Å². The molecule has 0 radical (unpaired) electrons. The first-order valence-electron chi connectivity index (χ1n) is 6.92. The van der Waals surface area contributed by atoms with E-state index in [0.717, 1.165) is 17.7 Å². The molecule has 1 heterocycles. The van der Waals surface area contributed by atoms with E-state index in [-0.39, 0.29) is 11.4 Å². The minimum atomic E-state index is -0.907. The third-order valence-corrected chi connectivity index (χ3v) is 4.12. The number of aromatic nitrogens is 1. The number of hydrogen-bond donors (Lipinski definition) is 0. The summed E-state index contributed by atoms with van der Waals surface area (Å²) < 4.78 is 39.3. The summed E-state index contributed by atoms with van der Waals surface area (Å²) >= 11 is 1.34. The van der Waals surface area contributed by atoms with Crippen molar-refractivity contribution in [3.8, 4) is 10.6 Å². The summed E-state index contributed by atoms with van der Waals surface area (Å²) in [6.45, 7) is 0. The second-order valence-electron chi connectivity index (χ2n) is 4.91. The van der Waals surface area contributed by atoms with E-state index in [2.05, 4.69) is 4.98 Å². The fourth-order valence-electron chi connectivity index (χ4n) is 2.03. The van der Waals surface area contributed by atoms with Crippen molar-refractivity contribution in [2.45, 2.75) is 0 Å². The monoisotopic (exact) mass is 345 g/mol. The van der Waals surface area contributed by atoms with Crippen LogP contribution in [-0.4, -0.2) is 10.8 Å². The molecule has 0 N–H and O–H groups in total. The normalized spacial score (nSPS) is 11.1. The van der Waals surface area contributed by atoms with Crippen molar-refractivity contribution >= 4 is 23.2 Å². The van der Waals surface area contributed by atoms with Crippen LogP contribution in [0.2, 0.25) is 0 Å². The van der Waals surface area contributed by atoms with Crippen LogP contribution in [0.25, 0.3) is 16.6 Å². The smallest absolute Gasteiger partial charge is 0.188 e. The van der Waals surface area contributed by atoms with E-state index in [1.54, 1.807) is 17.5 Å². The molecule has 0 spiro atoms. The van der Waals surface area contributed by atoms with Crippen LogP contribution in [0.1, 0.15) is 16.1 Å². The molecule has 0 saturated carbocycles. The Kier molecular flexibility index (Phi) is 4.57. The first kappa shape index (κ1) is 16.1. The minimum Gasteiger partial charge on any atom is -0.289 e. The summed E-state index contributed by atoms with van der Waals surface area (Å²) in [5.41, 5.74) is 1.08. The van der Waals surface area contributed by atoms with Crippen LogP contribution in [0.3, 0.4) is 0 Å². The zero-order valence-electron chi connectivity index (χ0n) is 12.2. The average molecular weight is 345 g/mol. The van der Waals surface area contributed by atoms with Gasteiger partial charge in [0.05, 0.1) is 11.3 Å². The highest BCUT2D eigenvalue weighted by atomic mass is 32.1. The van der Waals surface area contributed by atoms with Crippen molar-refractivity contribution in [3.05, 3.63) is 82.6 Å². The highest BCUT2D eigenvalue weighted by molar-refractivity contribution is 7.13. The standard InChI is InChI=1S/C18H10F3NOS/c19-12-3-1-11(2-4-12)18-22-14(10-24-18)6-8-17(23)15-7-5-13(20)9-16(15)21/h1-10H. The van der Waals surface area contributed by atoms with Gasteiger partial charge < -0.3 is 0 Å². The molecule has 120 valence electrons. The van der Waals surface area contributed by atoms with E-state index >= 15 is 0 Å². The van der Waals surface area contributed by atoms with E-state index in [4.69, 9.17) is 0 Å². The maximum Gasteiger partial charge on any atom is 0.188 e. The Morgan fingerprint density at radius 3 is 2.42 bits per heavy atom. The Hall–Kier alpha value is -2.73. The number of benzene rings is 2. The molecule has 0 aliphatic carbocycles. The number of rotatable bonds is 4. The molecule has 6 heteroatoms. The second kappa shape index (κ2) is 6.80. The minimum absolute atomic E-state index is 0.207. The predicted molar refractivity (Wildman–Crippen MR) is 87.2 cm³/mol. The number of allylic oxidation sites excluding steroid dienone is 1. The van der Waals surface area contributed by atoms with E-state index in [9.17, 15) is 18.0 Å². The molecule has 2 nitrogen and oxygen atoms in total. The molecule has 3 rings (SSSR count). The van der Waals surface area contributed by atoms with E-state index in [1.165, 1.54) is 35.6 Å². The highest BCUT2D eigenvalue weighted by Gasteiger charge is 2.10. The third-order valence-electron chi connectivity index (χ3n) is 3.22. The zero-order valence-corrected chi connectivity index (χ0v) is 13.0. The fraction of sp³-hybridized carbons (Fsp3) is 0. The summed E-state index contributed by atoms with van der Waals surface area (Å²) in [6.07, 6.45) is 2.63. The van der Waals surface area contributed by atoms with Crippen molar-refractivity contribution < 1.29 is 18.0 Å². The van der Waals surface area contributed by atoms with Crippen LogP contribution < -0.4 is 0 Å². The number of carbonyl (C=O) groups excluding carboxylic acids is 1. The molecule has 3 aromatic rings. The number of ketones is 1. The predicted octanol–water partition coefficient (Wildman–Crippen LogP) is 5.12. The fourth-order valence-corrected chi connectivity index (χ4v) is 2.82. The Bertz CT molecular complexity index is 916. The highest BCUT2D eigenvalue weighted by Crippen LogP contribution is 2.24. The number of nitrogens with zero attached hydrogens (tertiary/aromatic N) is 1. The van der Waals surface area contributed by atoms with Crippen molar-refractivity contribution in [1.29, 1.82) is 0 Å². The first-order chi connectivity index (χ1) is 11.5. The summed E-state index contributed by atoms with van der Waals surface area (Å²) in [5.74, 6) is -2.56. The van der Waals surface area contributed by atoms with Gasteiger partial charge in [0.25, 0.3) is 0 Å². The molecule has 0 unspecified atom stereocenters. The molecule has 0 amide bonds. The van der Waals surface area contributed by atoms with Crippen LogP contribution in [0, 0.1) is 17.5 Å². The quantitative estimate of drug-likeness (QED) is 0.485. The van der Waals surface area contributed by atoms with E-state index < -0.39 is 17.4 Å². The molecule has 2 aromatic carbocycles. The van der Waals surface area contributed by atoms with Gasteiger partial charge in [0.1, 0.15) is 22.5 Å². The van der Waals surface area contributed by atoms with Crippen LogP contribution in [0.15, 0.2) is 53.9 Å². The second-order valence-corrected chi connectivity index (χ2v) is 5.76. The van der Waals surface area contributed by atoms with Crippen molar-refractivity contribution in [2.75, 3.05) is 0 Å². The summed E-state index contributed by atoms with van der Waals surface area (Å²) in [7, 11) is 0. The van der Waals surface area contributed by atoms with Gasteiger partial charge in [-0.15, -0.1) is 11.3 Å². The molecule has 0 aliphatic rings. The molecule has 24 heavy (non-hydrogen) atoms. The number of thiazole rings is 1. The zero-order chi connectivity index (χ0) is 17.1.